The van der Waals surface area contributed by atoms with E-state index in [-0.39, 0.29) is 18.0 Å². The Labute approximate surface area is 373 Å². The van der Waals surface area contributed by atoms with Crippen LogP contribution in [0.3, 0.4) is 0 Å². The minimum Gasteiger partial charge on any atom is -0.480 e. The zero-order valence-electron chi connectivity index (χ0n) is 40.3. The first-order valence-electron chi connectivity index (χ1n) is 26.9. The van der Waals surface area contributed by atoms with Crippen LogP contribution in [0.5, 0.6) is 0 Å². The maximum Gasteiger partial charge on any atom is 0.326 e. The van der Waals surface area contributed by atoms with Gasteiger partial charge in [-0.15, -0.1) is 0 Å². The summed E-state index contributed by atoms with van der Waals surface area (Å²) in [6.07, 6.45) is 54.6. The molecule has 0 aromatic rings. The Morgan fingerprint density at radius 3 is 1.03 bits per heavy atom. The Balaban J connectivity index is 4.19. The summed E-state index contributed by atoms with van der Waals surface area (Å²) in [7, 11) is 0. The summed E-state index contributed by atoms with van der Waals surface area (Å²) in [6.45, 7) is 4.99. The number of amides is 1. The van der Waals surface area contributed by atoms with E-state index in [1.807, 2.05) is 0 Å². The molecule has 0 aromatic heterocycles. The lowest BCUT2D eigenvalue weighted by Crippen LogP contribution is -2.40. The summed E-state index contributed by atoms with van der Waals surface area (Å²) in [5.41, 5.74) is 5.50. The number of aliphatic carboxylic acids is 1. The topological polar surface area (TPSA) is 119 Å². The first kappa shape index (κ1) is 58.4. The van der Waals surface area contributed by atoms with Crippen molar-refractivity contribution in [3.8, 4) is 0 Å². The van der Waals surface area contributed by atoms with E-state index < -0.39 is 12.0 Å². The van der Waals surface area contributed by atoms with E-state index >= 15 is 0 Å². The second kappa shape index (κ2) is 48.4. The van der Waals surface area contributed by atoms with Gasteiger partial charge >= 0.3 is 11.9 Å². The number of ether oxygens (including phenoxy) is 1. The number of esters is 1. The van der Waals surface area contributed by atoms with Gasteiger partial charge in [-0.2, -0.15) is 0 Å². The van der Waals surface area contributed by atoms with Crippen LogP contribution in [0.4, 0.5) is 0 Å². The van der Waals surface area contributed by atoms with Gasteiger partial charge in [-0.1, -0.05) is 239 Å². The molecule has 0 rings (SSSR count). The monoisotopic (exact) mass is 849 g/mol. The molecule has 7 nitrogen and oxygen atoms in total. The predicted molar refractivity (Wildman–Crippen MR) is 258 cm³/mol. The van der Waals surface area contributed by atoms with Crippen molar-refractivity contribution in [3.63, 3.8) is 0 Å². The number of hydrogen-bond donors (Lipinski definition) is 3. The molecule has 0 heterocycles. The van der Waals surface area contributed by atoms with Crippen LogP contribution in [-0.2, 0) is 19.1 Å². The molecule has 0 spiro atoms. The Bertz CT molecular complexity index is 914. The minimum atomic E-state index is -0.998. The van der Waals surface area contributed by atoms with Gasteiger partial charge in [0.2, 0.25) is 5.91 Å². The summed E-state index contributed by atoms with van der Waals surface area (Å²) in [6, 6.07) is -0.853. The number of unbranched alkanes of at least 4 members (excludes halogenated alkanes) is 36. The summed E-state index contributed by atoms with van der Waals surface area (Å²) in [5.74, 6) is -1.20. The number of carboxylic acid groups (broad SMARTS) is 1. The van der Waals surface area contributed by atoms with Crippen LogP contribution in [0, 0.1) is 0 Å². The van der Waals surface area contributed by atoms with Gasteiger partial charge < -0.3 is 20.9 Å². The molecular formula is C53H104N2O5. The second-order valence-corrected chi connectivity index (χ2v) is 18.7. The van der Waals surface area contributed by atoms with Gasteiger partial charge in [0.25, 0.3) is 0 Å². The lowest BCUT2D eigenvalue weighted by Gasteiger charge is -2.18. The first-order valence-corrected chi connectivity index (χ1v) is 26.9. The molecular weight excluding hydrogens is 745 g/mol. The number of hydrogen-bond acceptors (Lipinski definition) is 5. The molecule has 0 saturated heterocycles. The highest BCUT2D eigenvalue weighted by Crippen LogP contribution is 2.20. The largest absolute Gasteiger partial charge is 0.480 e. The Morgan fingerprint density at radius 2 is 0.717 bits per heavy atom. The summed E-state index contributed by atoms with van der Waals surface area (Å²) >= 11 is 0. The quantitative estimate of drug-likeness (QED) is 0.0414. The molecule has 7 heteroatoms. The third-order valence-electron chi connectivity index (χ3n) is 12.7. The molecule has 0 fully saturated rings. The van der Waals surface area contributed by atoms with Gasteiger partial charge in [0.15, 0.2) is 0 Å². The molecule has 0 bridgehead atoms. The van der Waals surface area contributed by atoms with Crippen molar-refractivity contribution in [2.24, 2.45) is 5.73 Å². The molecule has 0 saturated carbocycles. The number of carbonyl (C=O) groups is 3. The van der Waals surface area contributed by atoms with E-state index in [1.54, 1.807) is 0 Å². The summed E-state index contributed by atoms with van der Waals surface area (Å²) in [4.78, 5) is 36.6. The maximum atomic E-state index is 12.9. The van der Waals surface area contributed by atoms with E-state index in [0.29, 0.717) is 32.2 Å². The molecule has 1 amide bonds. The fourth-order valence-electron chi connectivity index (χ4n) is 8.63. The van der Waals surface area contributed by atoms with Crippen LogP contribution in [0.25, 0.3) is 0 Å². The summed E-state index contributed by atoms with van der Waals surface area (Å²) in [5, 5.41) is 12.0. The third kappa shape index (κ3) is 44.4. The van der Waals surface area contributed by atoms with Crippen LogP contribution in [0.1, 0.15) is 303 Å². The van der Waals surface area contributed by atoms with Crippen molar-refractivity contribution in [2.45, 2.75) is 315 Å². The maximum absolute atomic E-state index is 12.9. The van der Waals surface area contributed by atoms with Crippen LogP contribution in [-0.4, -0.2) is 41.6 Å². The molecule has 0 aliphatic carbocycles. The molecule has 0 aliphatic heterocycles. The fourth-order valence-corrected chi connectivity index (χ4v) is 8.63. The Kier molecular flexibility index (Phi) is 47.1. The van der Waals surface area contributed by atoms with Crippen molar-refractivity contribution in [2.75, 3.05) is 6.54 Å². The highest BCUT2D eigenvalue weighted by molar-refractivity contribution is 5.83. The highest BCUT2D eigenvalue weighted by atomic mass is 16.5. The molecule has 356 valence electrons. The zero-order valence-corrected chi connectivity index (χ0v) is 40.3. The van der Waals surface area contributed by atoms with Gasteiger partial charge in [-0.25, -0.2) is 4.79 Å². The highest BCUT2D eigenvalue weighted by Gasteiger charge is 2.19. The van der Waals surface area contributed by atoms with Gasteiger partial charge in [-0.3, -0.25) is 9.59 Å². The van der Waals surface area contributed by atoms with Crippen molar-refractivity contribution in [1.29, 1.82) is 0 Å². The van der Waals surface area contributed by atoms with Crippen molar-refractivity contribution in [3.05, 3.63) is 0 Å². The zero-order chi connectivity index (χ0) is 43.8. The number of rotatable bonds is 50. The molecule has 0 radical (unpaired) electrons. The van der Waals surface area contributed by atoms with Gasteiger partial charge in [0.1, 0.15) is 12.1 Å². The van der Waals surface area contributed by atoms with E-state index in [2.05, 4.69) is 19.2 Å². The van der Waals surface area contributed by atoms with Crippen LogP contribution >= 0.6 is 0 Å². The molecule has 2 atom stereocenters. The molecule has 0 aliphatic rings. The Morgan fingerprint density at radius 1 is 0.417 bits per heavy atom. The average Bonchev–Trinajstić information content (AvgIpc) is 3.23. The number of nitrogens with two attached hydrogens (primary N) is 1. The van der Waals surface area contributed by atoms with Gasteiger partial charge in [0, 0.05) is 12.8 Å². The molecule has 60 heavy (non-hydrogen) atoms. The predicted octanol–water partition coefficient (Wildman–Crippen LogP) is 16.0. The van der Waals surface area contributed by atoms with Gasteiger partial charge in [-0.05, 0) is 57.9 Å². The third-order valence-corrected chi connectivity index (χ3v) is 12.7. The standard InChI is InChI=1S/C53H104N2O5/c1-3-5-7-9-11-13-15-17-19-20-21-22-23-24-26-28-30-32-37-41-47-52(57)60-49(43-38-34-31-29-27-25-18-16-14-12-10-8-6-4-2)44-39-35-33-36-40-46-51(56)55-50(53(58)59)45-42-48-54/h49-50H,3-48,54H2,1-2H3,(H,55,56)(H,58,59). The van der Waals surface area contributed by atoms with E-state index in [1.165, 1.54) is 199 Å². The van der Waals surface area contributed by atoms with Crippen molar-refractivity contribution < 1.29 is 24.2 Å². The van der Waals surface area contributed by atoms with Crippen LogP contribution < -0.4 is 11.1 Å². The lowest BCUT2D eigenvalue weighted by atomic mass is 10.0. The second-order valence-electron chi connectivity index (χ2n) is 18.7. The van der Waals surface area contributed by atoms with Crippen molar-refractivity contribution >= 4 is 17.8 Å². The van der Waals surface area contributed by atoms with E-state index in [0.717, 1.165) is 64.2 Å². The lowest BCUT2D eigenvalue weighted by molar-refractivity contribution is -0.150. The van der Waals surface area contributed by atoms with Crippen molar-refractivity contribution in [1.82, 2.24) is 5.32 Å². The summed E-state index contributed by atoms with van der Waals surface area (Å²) < 4.78 is 6.10. The van der Waals surface area contributed by atoms with Crippen LogP contribution in [0.15, 0.2) is 0 Å². The molecule has 0 aromatic carbocycles. The number of carbonyl (C=O) groups excluding carboxylic acids is 2. The fraction of sp³-hybridized carbons (Fsp3) is 0.943. The number of nitrogens with one attached hydrogen (secondary N) is 1. The van der Waals surface area contributed by atoms with E-state index in [9.17, 15) is 19.5 Å². The van der Waals surface area contributed by atoms with E-state index in [4.69, 9.17) is 10.5 Å². The van der Waals surface area contributed by atoms with Crippen LogP contribution in [0.2, 0.25) is 0 Å². The normalized spacial score (nSPS) is 12.4. The molecule has 2 unspecified atom stereocenters. The Hall–Kier alpha value is -1.63. The first-order chi connectivity index (χ1) is 29.4. The van der Waals surface area contributed by atoms with Gasteiger partial charge in [0.05, 0.1) is 0 Å². The molecule has 4 N–H and O–H groups in total. The SMILES string of the molecule is CCCCCCCCCCCCCCCCCCCCCCC(=O)OC(CCCCCCCCCCCCCCCC)CCCCCCCC(=O)NC(CCCN)C(=O)O. The number of carboxylic acids is 1. The average molecular weight is 849 g/mol. The smallest absolute Gasteiger partial charge is 0.326 e. The minimum absolute atomic E-state index is 0.00934.